The van der Waals surface area contributed by atoms with Crippen LogP contribution in [-0.2, 0) is 0 Å². The second-order valence-corrected chi connectivity index (χ2v) is 1.82. The molecule has 0 aliphatic rings. The van der Waals surface area contributed by atoms with Crippen molar-refractivity contribution in [1.29, 1.82) is 0 Å². The number of benzene rings is 1. The zero-order valence-corrected chi connectivity index (χ0v) is 5.00. The Labute approximate surface area is 54.3 Å². The molecule has 0 bridgehead atoms. The van der Waals surface area contributed by atoms with Gasteiger partial charge in [-0.15, -0.1) is 0 Å². The molecule has 1 aromatic carbocycles. The van der Waals surface area contributed by atoms with Crippen LogP contribution in [0.4, 0.5) is 0 Å². The molecule has 1 rings (SSSR count). The zero-order valence-electron chi connectivity index (χ0n) is 5.00. The Morgan fingerprint density at radius 2 is 2.00 bits per heavy atom. The minimum atomic E-state index is 0.664. The molecule has 0 heterocycles. The van der Waals surface area contributed by atoms with Gasteiger partial charge >= 0.3 is 0 Å². The van der Waals surface area contributed by atoms with Gasteiger partial charge in [0.25, 0.3) is 0 Å². The van der Waals surface area contributed by atoms with E-state index in [1.54, 1.807) is 6.07 Å². The molecule has 0 N–H and O–H groups in total. The first-order valence-corrected chi connectivity index (χ1v) is 2.71. The van der Waals surface area contributed by atoms with Crippen molar-refractivity contribution in [3.8, 4) is 0 Å². The van der Waals surface area contributed by atoms with Crippen LogP contribution >= 0.6 is 0 Å². The molecule has 0 aliphatic heterocycles. The van der Waals surface area contributed by atoms with Gasteiger partial charge in [-0.1, -0.05) is 24.3 Å². The van der Waals surface area contributed by atoms with E-state index < -0.39 is 0 Å². The predicted molar refractivity (Wildman–Crippen MR) is 36.3 cm³/mol. The predicted octanol–water partition coefficient (Wildman–Crippen LogP) is 1.68. The van der Waals surface area contributed by atoms with Crippen molar-refractivity contribution < 1.29 is 4.79 Å². The molecule has 0 unspecified atom stereocenters. The minimum absolute atomic E-state index is 0.664. The molecule has 9 heavy (non-hydrogen) atoms. The van der Waals surface area contributed by atoms with Gasteiger partial charge in [0.15, 0.2) is 0 Å². The summed E-state index contributed by atoms with van der Waals surface area (Å²) >= 11 is 0. The quantitative estimate of drug-likeness (QED) is 0.514. The summed E-state index contributed by atoms with van der Waals surface area (Å²) < 4.78 is 0. The lowest BCUT2D eigenvalue weighted by molar-refractivity contribution is 0.112. The van der Waals surface area contributed by atoms with Gasteiger partial charge in [-0.2, -0.15) is 0 Å². The molecular formula is C8H7O. The summed E-state index contributed by atoms with van der Waals surface area (Å²) in [6, 6.07) is 7.23. The molecule has 0 aliphatic carbocycles. The lowest BCUT2D eigenvalue weighted by Gasteiger charge is -1.92. The minimum Gasteiger partial charge on any atom is -0.298 e. The normalized spacial score (nSPS) is 9.00. The van der Waals surface area contributed by atoms with E-state index in [-0.39, 0.29) is 0 Å². The SMILES string of the molecule is [CH2]c1ccccc1C=O. The second-order valence-electron chi connectivity index (χ2n) is 1.82. The number of hydrogen-bond donors (Lipinski definition) is 0. The smallest absolute Gasteiger partial charge is 0.150 e. The Morgan fingerprint density at radius 3 is 2.44 bits per heavy atom. The summed E-state index contributed by atoms with van der Waals surface area (Å²) in [5.74, 6) is 0. The Bertz CT molecular complexity index is 216. The van der Waals surface area contributed by atoms with Crippen LogP contribution in [0.25, 0.3) is 0 Å². The lowest BCUT2D eigenvalue weighted by atomic mass is 10.1. The molecule has 1 aromatic rings. The molecule has 0 fully saturated rings. The molecule has 0 spiro atoms. The van der Waals surface area contributed by atoms with Gasteiger partial charge in [0.1, 0.15) is 6.29 Å². The second kappa shape index (κ2) is 2.44. The van der Waals surface area contributed by atoms with E-state index in [0.717, 1.165) is 11.8 Å². The van der Waals surface area contributed by atoms with Gasteiger partial charge in [0.05, 0.1) is 0 Å². The summed E-state index contributed by atoms with van der Waals surface area (Å²) in [4.78, 5) is 10.2. The van der Waals surface area contributed by atoms with Crippen LogP contribution in [0.2, 0.25) is 0 Å². The number of carbonyl (C=O) groups is 1. The number of rotatable bonds is 1. The number of carbonyl (C=O) groups excluding carboxylic acids is 1. The molecule has 1 radical (unpaired) electrons. The zero-order chi connectivity index (χ0) is 6.69. The molecular weight excluding hydrogens is 112 g/mol. The van der Waals surface area contributed by atoms with E-state index in [2.05, 4.69) is 6.92 Å². The van der Waals surface area contributed by atoms with Gasteiger partial charge < -0.3 is 0 Å². The fourth-order valence-corrected chi connectivity index (χ4v) is 0.649. The summed E-state index contributed by atoms with van der Waals surface area (Å²) in [6.45, 7) is 3.66. The maximum atomic E-state index is 10.2. The van der Waals surface area contributed by atoms with E-state index in [1.165, 1.54) is 0 Å². The van der Waals surface area contributed by atoms with Gasteiger partial charge in [-0.25, -0.2) is 0 Å². The lowest BCUT2D eigenvalue weighted by Crippen LogP contribution is -1.82. The summed E-state index contributed by atoms with van der Waals surface area (Å²) in [5, 5.41) is 0. The third-order valence-corrected chi connectivity index (χ3v) is 1.18. The summed E-state index contributed by atoms with van der Waals surface area (Å²) in [7, 11) is 0. The van der Waals surface area contributed by atoms with E-state index in [0.29, 0.717) is 5.56 Å². The van der Waals surface area contributed by atoms with Crippen LogP contribution in [0.1, 0.15) is 15.9 Å². The summed E-state index contributed by atoms with van der Waals surface area (Å²) in [6.07, 6.45) is 0.808. The Hall–Kier alpha value is -1.11. The van der Waals surface area contributed by atoms with Gasteiger partial charge in [-0.05, 0) is 12.5 Å². The van der Waals surface area contributed by atoms with Crippen LogP contribution in [0.5, 0.6) is 0 Å². The van der Waals surface area contributed by atoms with E-state index in [4.69, 9.17) is 0 Å². The van der Waals surface area contributed by atoms with Crippen molar-refractivity contribution in [1.82, 2.24) is 0 Å². The average Bonchev–Trinajstić information content (AvgIpc) is 1.89. The van der Waals surface area contributed by atoms with Crippen molar-refractivity contribution in [3.05, 3.63) is 42.3 Å². The van der Waals surface area contributed by atoms with Gasteiger partial charge in [-0.3, -0.25) is 4.79 Å². The van der Waals surface area contributed by atoms with E-state index >= 15 is 0 Å². The Morgan fingerprint density at radius 1 is 1.33 bits per heavy atom. The highest BCUT2D eigenvalue weighted by atomic mass is 16.1. The molecule has 1 heteroatoms. The standard InChI is InChI=1S/C8H7O/c1-7-4-2-3-5-8(7)6-9/h2-6H,1H2. The largest absolute Gasteiger partial charge is 0.298 e. The van der Waals surface area contributed by atoms with Gasteiger partial charge in [0, 0.05) is 5.56 Å². The highest BCUT2D eigenvalue weighted by Gasteiger charge is 1.90. The van der Waals surface area contributed by atoms with Crippen molar-refractivity contribution in [2.24, 2.45) is 0 Å². The topological polar surface area (TPSA) is 17.1 Å². The van der Waals surface area contributed by atoms with Crippen LogP contribution < -0.4 is 0 Å². The average molecular weight is 119 g/mol. The first kappa shape index (κ1) is 6.02. The monoisotopic (exact) mass is 119 g/mol. The third kappa shape index (κ3) is 1.17. The molecule has 45 valence electrons. The molecule has 1 nitrogen and oxygen atoms in total. The molecule has 0 atom stereocenters. The highest BCUT2D eigenvalue weighted by molar-refractivity contribution is 5.77. The summed E-state index contributed by atoms with van der Waals surface area (Å²) in [5.41, 5.74) is 1.45. The first-order valence-electron chi connectivity index (χ1n) is 2.71. The molecule has 0 aromatic heterocycles. The molecule has 0 amide bonds. The Balaban J connectivity index is 3.15. The van der Waals surface area contributed by atoms with E-state index in [1.807, 2.05) is 18.2 Å². The number of aldehydes is 1. The maximum absolute atomic E-state index is 10.2. The fourth-order valence-electron chi connectivity index (χ4n) is 0.649. The van der Waals surface area contributed by atoms with Crippen LogP contribution in [0, 0.1) is 6.92 Å². The van der Waals surface area contributed by atoms with Gasteiger partial charge in [0.2, 0.25) is 0 Å². The van der Waals surface area contributed by atoms with Crippen LogP contribution in [0.3, 0.4) is 0 Å². The first-order chi connectivity index (χ1) is 4.34. The fraction of sp³-hybridized carbons (Fsp3) is 0. The van der Waals surface area contributed by atoms with Crippen molar-refractivity contribution in [2.45, 2.75) is 0 Å². The van der Waals surface area contributed by atoms with Crippen molar-refractivity contribution in [2.75, 3.05) is 0 Å². The highest BCUT2D eigenvalue weighted by Crippen LogP contribution is 2.01. The van der Waals surface area contributed by atoms with Crippen molar-refractivity contribution in [3.63, 3.8) is 0 Å². The van der Waals surface area contributed by atoms with Crippen LogP contribution in [-0.4, -0.2) is 6.29 Å². The third-order valence-electron chi connectivity index (χ3n) is 1.18. The van der Waals surface area contributed by atoms with E-state index in [9.17, 15) is 4.79 Å². The molecule has 0 saturated carbocycles. The molecule has 0 saturated heterocycles. The Kier molecular flexibility index (Phi) is 1.63. The van der Waals surface area contributed by atoms with Crippen LogP contribution in [0.15, 0.2) is 24.3 Å². The number of hydrogen-bond acceptors (Lipinski definition) is 1. The maximum Gasteiger partial charge on any atom is 0.150 e. The van der Waals surface area contributed by atoms with Crippen molar-refractivity contribution >= 4 is 6.29 Å².